The van der Waals surface area contributed by atoms with E-state index in [9.17, 15) is 4.79 Å². The lowest BCUT2D eigenvalue weighted by Gasteiger charge is -2.19. The van der Waals surface area contributed by atoms with E-state index in [1.807, 2.05) is 14.1 Å². The molecule has 0 aliphatic heterocycles. The predicted octanol–water partition coefficient (Wildman–Crippen LogP) is 5.12. The first-order valence-electron chi connectivity index (χ1n) is 8.48. The molecule has 0 spiro atoms. The van der Waals surface area contributed by atoms with Crippen LogP contribution in [0.15, 0.2) is 0 Å². The van der Waals surface area contributed by atoms with Crippen LogP contribution in [0.4, 0.5) is 0 Å². The van der Waals surface area contributed by atoms with Crippen molar-refractivity contribution in [2.75, 3.05) is 14.1 Å². The minimum atomic E-state index is -0.693. The zero-order valence-electron chi connectivity index (χ0n) is 14.3. The van der Waals surface area contributed by atoms with Crippen molar-refractivity contribution < 1.29 is 9.90 Å². The van der Waals surface area contributed by atoms with E-state index in [-0.39, 0.29) is 18.4 Å². The Labute approximate surface area is 137 Å². The van der Waals surface area contributed by atoms with Crippen LogP contribution < -0.4 is 0 Å². The van der Waals surface area contributed by atoms with E-state index in [0.717, 1.165) is 12.8 Å². The molecule has 0 radical (unpaired) electrons. The summed E-state index contributed by atoms with van der Waals surface area (Å²) in [7, 11) is 3.69. The van der Waals surface area contributed by atoms with Crippen molar-refractivity contribution in [3.05, 3.63) is 0 Å². The van der Waals surface area contributed by atoms with E-state index in [4.69, 9.17) is 5.11 Å². The molecule has 1 atom stereocenters. The average molecular weight is 322 g/mol. The molecule has 1 N–H and O–H groups in total. The molecule has 0 heterocycles. The standard InChI is InChI=1S/C17H35NO2.ClH/c1-4-5-6-7-8-9-10-11-12-13-14-15-16(17(19)20)18(2)3;/h16H,4-15H2,1-3H3,(H,19,20);1H. The monoisotopic (exact) mass is 321 g/mol. The lowest BCUT2D eigenvalue weighted by Crippen LogP contribution is -2.35. The summed E-state index contributed by atoms with van der Waals surface area (Å²) in [5.74, 6) is -0.693. The molecule has 0 saturated carbocycles. The molecule has 0 aromatic rings. The van der Waals surface area contributed by atoms with Crippen LogP contribution in [-0.4, -0.2) is 36.1 Å². The first kappa shape index (κ1) is 23.0. The maximum atomic E-state index is 11.0. The number of likely N-dealkylation sites (N-methyl/N-ethyl adjacent to an activating group) is 1. The van der Waals surface area contributed by atoms with Gasteiger partial charge >= 0.3 is 5.97 Å². The highest BCUT2D eigenvalue weighted by Gasteiger charge is 2.18. The Bertz CT molecular complexity index is 235. The van der Waals surface area contributed by atoms with Crippen LogP contribution in [0, 0.1) is 0 Å². The van der Waals surface area contributed by atoms with Crippen LogP contribution in [0.1, 0.15) is 84.0 Å². The zero-order chi connectivity index (χ0) is 15.2. The minimum Gasteiger partial charge on any atom is -0.480 e. The molecular weight excluding hydrogens is 286 g/mol. The Balaban J connectivity index is 0. The summed E-state index contributed by atoms with van der Waals surface area (Å²) in [5.41, 5.74) is 0. The third kappa shape index (κ3) is 14.4. The number of carboxylic acids is 1. The van der Waals surface area contributed by atoms with E-state index in [2.05, 4.69) is 6.92 Å². The van der Waals surface area contributed by atoms with E-state index >= 15 is 0 Å². The van der Waals surface area contributed by atoms with Crippen LogP contribution in [0.2, 0.25) is 0 Å². The Morgan fingerprint density at radius 3 is 1.57 bits per heavy atom. The number of hydrogen-bond donors (Lipinski definition) is 1. The van der Waals surface area contributed by atoms with Crippen molar-refractivity contribution >= 4 is 18.4 Å². The minimum absolute atomic E-state index is 0. The molecule has 0 aromatic heterocycles. The van der Waals surface area contributed by atoms with Gasteiger partial charge in [-0.3, -0.25) is 9.69 Å². The smallest absolute Gasteiger partial charge is 0.320 e. The lowest BCUT2D eigenvalue weighted by molar-refractivity contribution is -0.142. The molecule has 1 unspecified atom stereocenters. The van der Waals surface area contributed by atoms with Gasteiger partial charge in [-0.25, -0.2) is 0 Å². The Kier molecular flexibility index (Phi) is 17.6. The highest BCUT2D eigenvalue weighted by molar-refractivity contribution is 5.85. The summed E-state index contributed by atoms with van der Waals surface area (Å²) in [6.45, 7) is 2.26. The molecule has 4 heteroatoms. The third-order valence-electron chi connectivity index (χ3n) is 3.99. The second-order valence-corrected chi connectivity index (χ2v) is 6.14. The van der Waals surface area contributed by atoms with Gasteiger partial charge in [-0.1, -0.05) is 77.6 Å². The van der Waals surface area contributed by atoms with Gasteiger partial charge in [0.25, 0.3) is 0 Å². The van der Waals surface area contributed by atoms with Crippen molar-refractivity contribution in [2.24, 2.45) is 0 Å². The third-order valence-corrected chi connectivity index (χ3v) is 3.99. The Morgan fingerprint density at radius 1 is 0.857 bits per heavy atom. The van der Waals surface area contributed by atoms with Crippen LogP contribution >= 0.6 is 12.4 Å². The number of hydrogen-bond acceptors (Lipinski definition) is 2. The largest absolute Gasteiger partial charge is 0.480 e. The quantitative estimate of drug-likeness (QED) is 0.451. The predicted molar refractivity (Wildman–Crippen MR) is 93.4 cm³/mol. The molecule has 0 aliphatic carbocycles. The SMILES string of the molecule is CCCCCCCCCCCCCC(C(=O)O)N(C)C.Cl. The molecule has 0 fully saturated rings. The zero-order valence-corrected chi connectivity index (χ0v) is 15.1. The average Bonchev–Trinajstić information content (AvgIpc) is 2.39. The summed E-state index contributed by atoms with van der Waals surface area (Å²) in [6.07, 6.45) is 15.2. The molecule has 0 rings (SSSR count). The van der Waals surface area contributed by atoms with Gasteiger partial charge in [0.15, 0.2) is 0 Å². The highest BCUT2D eigenvalue weighted by Crippen LogP contribution is 2.13. The van der Waals surface area contributed by atoms with E-state index in [1.165, 1.54) is 64.2 Å². The molecular formula is C17H36ClNO2. The first-order valence-corrected chi connectivity index (χ1v) is 8.48. The van der Waals surface area contributed by atoms with Crippen molar-refractivity contribution in [1.82, 2.24) is 4.90 Å². The van der Waals surface area contributed by atoms with Crippen molar-refractivity contribution in [3.8, 4) is 0 Å². The topological polar surface area (TPSA) is 40.5 Å². The van der Waals surface area contributed by atoms with Crippen LogP contribution in [0.5, 0.6) is 0 Å². The molecule has 3 nitrogen and oxygen atoms in total. The number of halogens is 1. The molecule has 0 amide bonds. The summed E-state index contributed by atoms with van der Waals surface area (Å²) in [4.78, 5) is 12.8. The van der Waals surface area contributed by atoms with Gasteiger partial charge in [0.2, 0.25) is 0 Å². The van der Waals surface area contributed by atoms with Crippen LogP contribution in [-0.2, 0) is 4.79 Å². The highest BCUT2D eigenvalue weighted by atomic mass is 35.5. The fraction of sp³-hybridized carbons (Fsp3) is 0.941. The van der Waals surface area contributed by atoms with Gasteiger partial charge in [-0.05, 0) is 20.5 Å². The summed E-state index contributed by atoms with van der Waals surface area (Å²) in [6, 6.07) is -0.312. The maximum Gasteiger partial charge on any atom is 0.320 e. The van der Waals surface area contributed by atoms with Crippen molar-refractivity contribution in [1.29, 1.82) is 0 Å². The van der Waals surface area contributed by atoms with Gasteiger partial charge in [-0.2, -0.15) is 0 Å². The van der Waals surface area contributed by atoms with Crippen molar-refractivity contribution in [3.63, 3.8) is 0 Å². The normalized spacial score (nSPS) is 12.2. The Hall–Kier alpha value is -0.280. The van der Waals surface area contributed by atoms with Crippen LogP contribution in [0.25, 0.3) is 0 Å². The number of unbranched alkanes of at least 4 members (excludes halogenated alkanes) is 10. The van der Waals surface area contributed by atoms with Gasteiger partial charge in [0, 0.05) is 0 Å². The van der Waals surface area contributed by atoms with Gasteiger partial charge < -0.3 is 5.11 Å². The second kappa shape index (κ2) is 16.1. The fourth-order valence-corrected chi connectivity index (χ4v) is 2.60. The molecule has 0 aromatic carbocycles. The van der Waals surface area contributed by atoms with Crippen LogP contribution in [0.3, 0.4) is 0 Å². The van der Waals surface area contributed by atoms with Crippen molar-refractivity contribution in [2.45, 2.75) is 90.0 Å². The molecule has 0 saturated heterocycles. The molecule has 0 aliphatic rings. The Morgan fingerprint density at radius 2 is 1.24 bits per heavy atom. The van der Waals surface area contributed by atoms with Gasteiger partial charge in [0.05, 0.1) is 0 Å². The second-order valence-electron chi connectivity index (χ2n) is 6.14. The van der Waals surface area contributed by atoms with Gasteiger partial charge in [-0.15, -0.1) is 12.4 Å². The number of carbonyl (C=O) groups is 1. The molecule has 21 heavy (non-hydrogen) atoms. The van der Waals surface area contributed by atoms with E-state index in [1.54, 1.807) is 4.90 Å². The van der Waals surface area contributed by atoms with E-state index in [0.29, 0.717) is 0 Å². The first-order chi connectivity index (χ1) is 9.59. The molecule has 128 valence electrons. The summed E-state index contributed by atoms with van der Waals surface area (Å²) >= 11 is 0. The van der Waals surface area contributed by atoms with E-state index < -0.39 is 5.97 Å². The molecule has 0 bridgehead atoms. The fourth-order valence-electron chi connectivity index (χ4n) is 2.60. The number of nitrogens with zero attached hydrogens (tertiary/aromatic N) is 1. The maximum absolute atomic E-state index is 11.0. The lowest BCUT2D eigenvalue weighted by atomic mass is 10.0. The summed E-state index contributed by atoms with van der Waals surface area (Å²) < 4.78 is 0. The van der Waals surface area contributed by atoms with Gasteiger partial charge in [0.1, 0.15) is 6.04 Å². The number of aliphatic carboxylic acids is 1. The summed E-state index contributed by atoms with van der Waals surface area (Å²) in [5, 5.41) is 9.06. The number of rotatable bonds is 14. The number of carboxylic acid groups (broad SMARTS) is 1.